The minimum atomic E-state index is -0.310. The zero-order valence-electron chi connectivity index (χ0n) is 15.0. The summed E-state index contributed by atoms with van der Waals surface area (Å²) in [7, 11) is 3.14. The van der Waals surface area contributed by atoms with Gasteiger partial charge in [-0.25, -0.2) is 9.59 Å². The Morgan fingerprint density at radius 2 is 1.36 bits per heavy atom. The van der Waals surface area contributed by atoms with E-state index in [1.807, 2.05) is 0 Å². The van der Waals surface area contributed by atoms with Gasteiger partial charge in [-0.2, -0.15) is 0 Å². The number of hydrogen-bond acceptors (Lipinski definition) is 5. The molecule has 4 N–H and O–H groups in total. The van der Waals surface area contributed by atoms with E-state index in [4.69, 9.17) is 5.73 Å². The second-order valence-electron chi connectivity index (χ2n) is 5.70. The van der Waals surface area contributed by atoms with Crippen molar-refractivity contribution in [2.75, 3.05) is 27.2 Å². The standard InChI is InChI=1S/C7H15NO.2C4H6N2O2/c1-2-3-4-5-6-7(8)9;2*1-6-2-3(7)5-4(6)8/h2-6H2,1H3,(H2,8,9);2*2H2,1H3,(H,5,7,8). The monoisotopic (exact) mass is 357 g/mol. The summed E-state index contributed by atoms with van der Waals surface area (Å²) in [5.74, 6) is -0.624. The molecule has 2 rings (SSSR count). The van der Waals surface area contributed by atoms with E-state index in [2.05, 4.69) is 17.6 Å². The van der Waals surface area contributed by atoms with Crippen LogP contribution in [0.5, 0.6) is 0 Å². The van der Waals surface area contributed by atoms with E-state index in [0.717, 1.165) is 12.8 Å². The van der Waals surface area contributed by atoms with Crippen LogP contribution in [0, 0.1) is 0 Å². The number of nitrogens with two attached hydrogens (primary N) is 1. The highest BCUT2D eigenvalue weighted by molar-refractivity contribution is 6.02. The van der Waals surface area contributed by atoms with Crippen LogP contribution in [0.1, 0.15) is 39.0 Å². The zero-order chi connectivity index (χ0) is 19.4. The molecule has 25 heavy (non-hydrogen) atoms. The first-order valence-electron chi connectivity index (χ1n) is 8.05. The minimum Gasteiger partial charge on any atom is -0.370 e. The average molecular weight is 357 g/mol. The largest absolute Gasteiger partial charge is 0.370 e. The molecule has 0 aromatic rings. The summed E-state index contributed by atoms with van der Waals surface area (Å²) < 4.78 is 0. The predicted octanol–water partition coefficient (Wildman–Crippen LogP) is -0.222. The summed E-state index contributed by atoms with van der Waals surface area (Å²) in [6.07, 6.45) is 5.08. The molecule has 2 aliphatic heterocycles. The topological polar surface area (TPSA) is 142 Å². The smallest absolute Gasteiger partial charge is 0.324 e. The number of likely N-dealkylation sites (N-methyl/N-ethyl adjacent to an activating group) is 2. The van der Waals surface area contributed by atoms with Gasteiger partial charge < -0.3 is 15.5 Å². The van der Waals surface area contributed by atoms with Gasteiger partial charge in [0.2, 0.25) is 17.7 Å². The number of urea groups is 2. The molecule has 10 heteroatoms. The molecule has 0 aromatic heterocycles. The molecule has 10 nitrogen and oxygen atoms in total. The number of unbranched alkanes of at least 4 members (excludes halogenated alkanes) is 3. The van der Waals surface area contributed by atoms with Crippen LogP contribution in [-0.2, 0) is 14.4 Å². The summed E-state index contributed by atoms with van der Waals surface area (Å²) in [4.78, 5) is 54.2. The van der Waals surface area contributed by atoms with E-state index in [-0.39, 0.29) is 42.9 Å². The lowest BCUT2D eigenvalue weighted by atomic mass is 10.1. The van der Waals surface area contributed by atoms with Crippen LogP contribution in [0.4, 0.5) is 9.59 Å². The predicted molar refractivity (Wildman–Crippen MR) is 90.3 cm³/mol. The van der Waals surface area contributed by atoms with Crippen molar-refractivity contribution in [1.82, 2.24) is 20.4 Å². The van der Waals surface area contributed by atoms with Crippen LogP contribution in [0.3, 0.4) is 0 Å². The molecule has 2 aliphatic rings. The molecule has 0 spiro atoms. The van der Waals surface area contributed by atoms with Crippen molar-refractivity contribution in [3.8, 4) is 0 Å². The molecule has 0 saturated carbocycles. The molecule has 2 saturated heterocycles. The number of rotatable bonds is 5. The lowest BCUT2D eigenvalue weighted by Crippen LogP contribution is -2.24. The first-order valence-corrected chi connectivity index (χ1v) is 8.05. The molecule has 2 fully saturated rings. The lowest BCUT2D eigenvalue weighted by Gasteiger charge is -1.99. The summed E-state index contributed by atoms with van der Waals surface area (Å²) in [6.45, 7) is 2.53. The van der Waals surface area contributed by atoms with Crippen molar-refractivity contribution < 1.29 is 24.0 Å². The fourth-order valence-corrected chi connectivity index (χ4v) is 1.81. The highest BCUT2D eigenvalue weighted by atomic mass is 16.2. The SMILES string of the molecule is CCCCCCC(N)=O.CN1CC(=O)NC1=O.CN1CC(=O)NC1=O. The fourth-order valence-electron chi connectivity index (χ4n) is 1.81. The number of carbonyl (C=O) groups excluding carboxylic acids is 5. The number of nitrogens with one attached hydrogen (secondary N) is 2. The van der Waals surface area contributed by atoms with Crippen LogP contribution in [0.15, 0.2) is 0 Å². The Hall–Kier alpha value is -2.65. The molecule has 2 heterocycles. The normalized spacial score (nSPS) is 15.8. The Morgan fingerprint density at radius 3 is 1.56 bits per heavy atom. The van der Waals surface area contributed by atoms with Crippen molar-refractivity contribution in [1.29, 1.82) is 0 Å². The third-order valence-electron chi connectivity index (χ3n) is 3.22. The molecule has 0 bridgehead atoms. The van der Waals surface area contributed by atoms with Gasteiger partial charge in [-0.3, -0.25) is 25.0 Å². The van der Waals surface area contributed by atoms with Gasteiger partial charge in [-0.1, -0.05) is 26.2 Å². The second kappa shape index (κ2) is 11.8. The first-order chi connectivity index (χ1) is 11.7. The van der Waals surface area contributed by atoms with Crippen LogP contribution in [0.25, 0.3) is 0 Å². The van der Waals surface area contributed by atoms with Gasteiger partial charge in [0.15, 0.2) is 0 Å². The molecule has 0 aliphatic carbocycles. The van der Waals surface area contributed by atoms with E-state index in [0.29, 0.717) is 6.42 Å². The quantitative estimate of drug-likeness (QED) is 0.460. The second-order valence-corrected chi connectivity index (χ2v) is 5.70. The van der Waals surface area contributed by atoms with Gasteiger partial charge in [0.05, 0.1) is 0 Å². The maximum absolute atomic E-state index is 10.4. The fraction of sp³-hybridized carbons (Fsp3) is 0.667. The molecular formula is C15H27N5O5. The molecule has 0 unspecified atom stereocenters. The van der Waals surface area contributed by atoms with E-state index < -0.39 is 0 Å². The number of primary amides is 1. The van der Waals surface area contributed by atoms with E-state index in [1.54, 1.807) is 14.1 Å². The summed E-state index contributed by atoms with van der Waals surface area (Å²) in [5, 5.41) is 4.23. The van der Waals surface area contributed by atoms with Crippen molar-refractivity contribution >= 4 is 29.8 Å². The third-order valence-corrected chi connectivity index (χ3v) is 3.22. The van der Waals surface area contributed by atoms with Gasteiger partial charge in [0, 0.05) is 20.5 Å². The number of amides is 7. The molecule has 142 valence electrons. The van der Waals surface area contributed by atoms with E-state index >= 15 is 0 Å². The zero-order valence-corrected chi connectivity index (χ0v) is 15.0. The van der Waals surface area contributed by atoms with Crippen LogP contribution >= 0.6 is 0 Å². The van der Waals surface area contributed by atoms with Crippen molar-refractivity contribution in [3.63, 3.8) is 0 Å². The maximum atomic E-state index is 10.4. The molecule has 7 amide bonds. The van der Waals surface area contributed by atoms with Gasteiger partial charge in [-0.15, -0.1) is 0 Å². The molecular weight excluding hydrogens is 330 g/mol. The van der Waals surface area contributed by atoms with Crippen molar-refractivity contribution in [2.45, 2.75) is 39.0 Å². The van der Waals surface area contributed by atoms with Crippen LogP contribution in [0.2, 0.25) is 0 Å². The Kier molecular flexibility index (Phi) is 10.6. The van der Waals surface area contributed by atoms with Crippen molar-refractivity contribution in [3.05, 3.63) is 0 Å². The number of nitrogens with zero attached hydrogens (tertiary/aromatic N) is 2. The van der Waals surface area contributed by atoms with Crippen LogP contribution in [-0.4, -0.2) is 66.8 Å². The average Bonchev–Trinajstić information content (AvgIpc) is 2.96. The first kappa shape index (κ1) is 22.4. The molecule has 0 aromatic carbocycles. The van der Waals surface area contributed by atoms with Gasteiger partial charge in [0.25, 0.3) is 0 Å². The number of carbonyl (C=O) groups is 5. The van der Waals surface area contributed by atoms with E-state index in [1.165, 1.54) is 22.6 Å². The van der Waals surface area contributed by atoms with Gasteiger partial charge in [0.1, 0.15) is 13.1 Å². The minimum absolute atomic E-state index is 0.175. The van der Waals surface area contributed by atoms with Crippen LogP contribution < -0.4 is 16.4 Å². The number of hydrogen-bond donors (Lipinski definition) is 3. The third kappa shape index (κ3) is 10.7. The Bertz CT molecular complexity index is 475. The summed E-state index contributed by atoms with van der Waals surface area (Å²) in [6, 6.07) is -0.620. The lowest BCUT2D eigenvalue weighted by molar-refractivity contribution is -0.119. The maximum Gasteiger partial charge on any atom is 0.324 e. The molecule has 0 atom stereocenters. The highest BCUT2D eigenvalue weighted by Crippen LogP contribution is 2.00. The Labute approximate surface area is 147 Å². The van der Waals surface area contributed by atoms with E-state index in [9.17, 15) is 24.0 Å². The Morgan fingerprint density at radius 1 is 0.920 bits per heavy atom. The van der Waals surface area contributed by atoms with Crippen molar-refractivity contribution in [2.24, 2.45) is 5.73 Å². The Balaban J connectivity index is 0.000000346. The summed E-state index contributed by atoms with van der Waals surface area (Å²) in [5.41, 5.74) is 4.94. The van der Waals surface area contributed by atoms with Gasteiger partial charge in [-0.05, 0) is 6.42 Å². The van der Waals surface area contributed by atoms with Gasteiger partial charge >= 0.3 is 12.1 Å². The highest BCUT2D eigenvalue weighted by Gasteiger charge is 2.22. The number of imide groups is 2. The molecule has 0 radical (unpaired) electrons. The summed E-state index contributed by atoms with van der Waals surface area (Å²) >= 11 is 0.